The Kier molecular flexibility index (Phi) is 4.16. The lowest BCUT2D eigenvalue weighted by atomic mass is 10.1. The Morgan fingerprint density at radius 1 is 1.40 bits per heavy atom. The van der Waals surface area contributed by atoms with Crippen LogP contribution in [0.1, 0.15) is 18.5 Å². The summed E-state index contributed by atoms with van der Waals surface area (Å²) in [5, 5.41) is 10.7. The van der Waals surface area contributed by atoms with Gasteiger partial charge in [-0.05, 0) is 24.6 Å². The maximum atomic E-state index is 10.7. The Bertz CT molecular complexity index is 647. The van der Waals surface area contributed by atoms with Crippen molar-refractivity contribution in [3.63, 3.8) is 0 Å². The molecule has 1 atom stereocenters. The SMILES string of the molecule is C[C@@H](N)c1ccnc(Oc2ccc([N+](=O)[O-])c(Cl)c2)c1. The molecule has 0 unspecified atom stereocenters. The number of nitrogens with two attached hydrogens (primary N) is 1. The van der Waals surface area contributed by atoms with Gasteiger partial charge < -0.3 is 10.5 Å². The van der Waals surface area contributed by atoms with Crippen LogP contribution in [0.2, 0.25) is 5.02 Å². The number of nitro benzene ring substituents is 1. The minimum Gasteiger partial charge on any atom is -0.439 e. The van der Waals surface area contributed by atoms with Crippen LogP contribution >= 0.6 is 11.6 Å². The van der Waals surface area contributed by atoms with E-state index in [0.717, 1.165) is 5.56 Å². The van der Waals surface area contributed by atoms with Crippen molar-refractivity contribution in [3.8, 4) is 11.6 Å². The van der Waals surface area contributed by atoms with Crippen LogP contribution in [-0.2, 0) is 0 Å². The zero-order valence-electron chi connectivity index (χ0n) is 10.6. The van der Waals surface area contributed by atoms with Crippen molar-refractivity contribution in [1.82, 2.24) is 4.98 Å². The summed E-state index contributed by atoms with van der Waals surface area (Å²) < 4.78 is 5.51. The second-order valence-electron chi connectivity index (χ2n) is 4.19. The van der Waals surface area contributed by atoms with Gasteiger partial charge in [-0.2, -0.15) is 0 Å². The molecule has 0 saturated heterocycles. The zero-order valence-corrected chi connectivity index (χ0v) is 11.4. The molecule has 2 aromatic rings. The summed E-state index contributed by atoms with van der Waals surface area (Å²) >= 11 is 5.81. The van der Waals surface area contributed by atoms with Crippen LogP contribution < -0.4 is 10.5 Å². The number of aromatic nitrogens is 1. The van der Waals surface area contributed by atoms with Crippen LogP contribution in [0.4, 0.5) is 5.69 Å². The molecule has 0 aliphatic heterocycles. The number of pyridine rings is 1. The number of benzene rings is 1. The first kappa shape index (κ1) is 14.2. The maximum Gasteiger partial charge on any atom is 0.288 e. The van der Waals surface area contributed by atoms with Crippen molar-refractivity contribution >= 4 is 17.3 Å². The number of ether oxygens (including phenoxy) is 1. The molecule has 1 aromatic heterocycles. The van der Waals surface area contributed by atoms with Gasteiger partial charge in [0.25, 0.3) is 5.69 Å². The highest BCUT2D eigenvalue weighted by Gasteiger charge is 2.13. The van der Waals surface area contributed by atoms with Gasteiger partial charge in [0, 0.05) is 30.4 Å². The van der Waals surface area contributed by atoms with Crippen molar-refractivity contribution in [1.29, 1.82) is 0 Å². The minimum absolute atomic E-state index is 0.0100. The molecule has 6 nitrogen and oxygen atoms in total. The molecule has 1 aromatic carbocycles. The number of hydrogen-bond acceptors (Lipinski definition) is 5. The molecule has 0 fully saturated rings. The molecule has 2 N–H and O–H groups in total. The van der Waals surface area contributed by atoms with E-state index in [1.54, 1.807) is 18.3 Å². The third-order valence-corrected chi connectivity index (χ3v) is 2.93. The number of nitrogens with zero attached hydrogens (tertiary/aromatic N) is 2. The normalized spacial score (nSPS) is 11.9. The fourth-order valence-corrected chi connectivity index (χ4v) is 1.82. The van der Waals surface area contributed by atoms with Crippen molar-refractivity contribution in [2.45, 2.75) is 13.0 Å². The van der Waals surface area contributed by atoms with Crippen LogP contribution in [-0.4, -0.2) is 9.91 Å². The van der Waals surface area contributed by atoms with E-state index in [4.69, 9.17) is 22.1 Å². The summed E-state index contributed by atoms with van der Waals surface area (Å²) in [6.07, 6.45) is 1.58. The van der Waals surface area contributed by atoms with Gasteiger partial charge in [-0.1, -0.05) is 11.6 Å². The molecule has 104 valence electrons. The van der Waals surface area contributed by atoms with Gasteiger partial charge in [0.2, 0.25) is 5.88 Å². The first-order chi connectivity index (χ1) is 9.47. The molecule has 1 heterocycles. The van der Waals surface area contributed by atoms with Crippen molar-refractivity contribution in [3.05, 3.63) is 57.2 Å². The summed E-state index contributed by atoms with van der Waals surface area (Å²) in [4.78, 5) is 14.2. The highest BCUT2D eigenvalue weighted by molar-refractivity contribution is 6.32. The quantitative estimate of drug-likeness (QED) is 0.688. The van der Waals surface area contributed by atoms with Crippen molar-refractivity contribution in [2.75, 3.05) is 0 Å². The van der Waals surface area contributed by atoms with Gasteiger partial charge in [-0.15, -0.1) is 0 Å². The van der Waals surface area contributed by atoms with E-state index in [1.165, 1.54) is 18.2 Å². The predicted octanol–water partition coefficient (Wildman–Crippen LogP) is 3.46. The van der Waals surface area contributed by atoms with Gasteiger partial charge in [-0.25, -0.2) is 4.98 Å². The summed E-state index contributed by atoms with van der Waals surface area (Å²) in [5.74, 6) is 0.722. The van der Waals surface area contributed by atoms with E-state index in [0.29, 0.717) is 11.6 Å². The van der Waals surface area contributed by atoms with E-state index in [-0.39, 0.29) is 16.8 Å². The highest BCUT2D eigenvalue weighted by atomic mass is 35.5. The number of halogens is 1. The first-order valence-corrected chi connectivity index (χ1v) is 6.18. The fraction of sp³-hybridized carbons (Fsp3) is 0.154. The van der Waals surface area contributed by atoms with E-state index in [2.05, 4.69) is 4.98 Å². The predicted molar refractivity (Wildman–Crippen MR) is 75.0 cm³/mol. The molecule has 0 spiro atoms. The average Bonchev–Trinajstić information content (AvgIpc) is 2.38. The minimum atomic E-state index is -0.554. The number of rotatable bonds is 4. The topological polar surface area (TPSA) is 91.3 Å². The molecule has 2 rings (SSSR count). The van der Waals surface area contributed by atoms with Gasteiger partial charge >= 0.3 is 0 Å². The molecule has 0 saturated carbocycles. The van der Waals surface area contributed by atoms with E-state index in [1.807, 2.05) is 6.92 Å². The Balaban J connectivity index is 2.24. The molecule has 20 heavy (non-hydrogen) atoms. The van der Waals surface area contributed by atoms with E-state index in [9.17, 15) is 10.1 Å². The molecule has 0 amide bonds. The summed E-state index contributed by atoms with van der Waals surface area (Å²) in [5.41, 5.74) is 6.48. The van der Waals surface area contributed by atoms with Gasteiger partial charge in [0.05, 0.1) is 4.92 Å². The largest absolute Gasteiger partial charge is 0.439 e. The van der Waals surface area contributed by atoms with Crippen molar-refractivity contribution in [2.24, 2.45) is 5.73 Å². The van der Waals surface area contributed by atoms with Gasteiger partial charge in [0.1, 0.15) is 10.8 Å². The smallest absolute Gasteiger partial charge is 0.288 e. The van der Waals surface area contributed by atoms with E-state index < -0.39 is 4.92 Å². The molecule has 0 bridgehead atoms. The van der Waals surface area contributed by atoms with Crippen LogP contribution in [0.15, 0.2) is 36.5 Å². The van der Waals surface area contributed by atoms with Crippen LogP contribution in [0, 0.1) is 10.1 Å². The van der Waals surface area contributed by atoms with Crippen molar-refractivity contribution < 1.29 is 9.66 Å². The number of hydrogen-bond donors (Lipinski definition) is 1. The average molecular weight is 294 g/mol. The first-order valence-electron chi connectivity index (χ1n) is 5.80. The summed E-state index contributed by atoms with van der Waals surface area (Å²) in [7, 11) is 0. The molecule has 0 aliphatic rings. The number of nitro groups is 1. The highest BCUT2D eigenvalue weighted by Crippen LogP contribution is 2.30. The standard InChI is InChI=1S/C13H12ClN3O3/c1-8(15)9-4-5-16-13(6-9)20-10-2-3-12(17(18)19)11(14)7-10/h2-8H,15H2,1H3/t8-/m1/s1. The van der Waals surface area contributed by atoms with Gasteiger partial charge in [-0.3, -0.25) is 10.1 Å². The Morgan fingerprint density at radius 3 is 2.75 bits per heavy atom. The Morgan fingerprint density at radius 2 is 2.15 bits per heavy atom. The lowest BCUT2D eigenvalue weighted by Gasteiger charge is -2.09. The van der Waals surface area contributed by atoms with Crippen LogP contribution in [0.3, 0.4) is 0 Å². The summed E-state index contributed by atoms with van der Waals surface area (Å²) in [6.45, 7) is 1.85. The molecule has 0 aliphatic carbocycles. The Hall–Kier alpha value is -2.18. The second-order valence-corrected chi connectivity index (χ2v) is 4.60. The second kappa shape index (κ2) is 5.85. The fourth-order valence-electron chi connectivity index (χ4n) is 1.58. The lowest BCUT2D eigenvalue weighted by molar-refractivity contribution is -0.384. The molecule has 7 heteroatoms. The lowest BCUT2D eigenvalue weighted by Crippen LogP contribution is -2.05. The summed E-state index contributed by atoms with van der Waals surface area (Å²) in [6, 6.07) is 7.48. The van der Waals surface area contributed by atoms with Crippen LogP contribution in [0.5, 0.6) is 11.6 Å². The van der Waals surface area contributed by atoms with E-state index >= 15 is 0 Å². The third kappa shape index (κ3) is 3.23. The van der Waals surface area contributed by atoms with Gasteiger partial charge in [0.15, 0.2) is 0 Å². The van der Waals surface area contributed by atoms with Crippen LogP contribution in [0.25, 0.3) is 0 Å². The molecule has 0 radical (unpaired) electrons. The molecular formula is C13H12ClN3O3. The maximum absolute atomic E-state index is 10.7. The third-order valence-electron chi connectivity index (χ3n) is 2.62. The Labute approximate surface area is 120 Å². The molecular weight excluding hydrogens is 282 g/mol. The monoisotopic (exact) mass is 293 g/mol. The zero-order chi connectivity index (χ0) is 14.7.